The van der Waals surface area contributed by atoms with Crippen LogP contribution in [-0.4, -0.2) is 91.5 Å². The Morgan fingerprint density at radius 2 is 1.82 bits per heavy atom. The number of nitrogens with one attached hydrogen (secondary N) is 2. The number of anilines is 2. The molecule has 2 amide bonds. The van der Waals surface area contributed by atoms with Gasteiger partial charge in [-0.2, -0.15) is 4.31 Å². The summed E-state index contributed by atoms with van der Waals surface area (Å²) < 4.78 is 42.1. The smallest absolute Gasteiger partial charge is 0.324 e. The number of urea groups is 1. The van der Waals surface area contributed by atoms with E-state index in [-0.39, 0.29) is 5.41 Å². The molecule has 5 rings (SSSR count). The van der Waals surface area contributed by atoms with Crippen molar-refractivity contribution in [2.75, 3.05) is 63.3 Å². The van der Waals surface area contributed by atoms with E-state index in [0.29, 0.717) is 78.6 Å². The van der Waals surface area contributed by atoms with Crippen LogP contribution >= 0.6 is 11.8 Å². The molecule has 15 heteroatoms. The summed E-state index contributed by atoms with van der Waals surface area (Å²) in [5, 5.41) is 11.0. The molecule has 2 aromatic carbocycles. The molecule has 45 heavy (non-hydrogen) atoms. The summed E-state index contributed by atoms with van der Waals surface area (Å²) >= 11 is 1.43. The summed E-state index contributed by atoms with van der Waals surface area (Å²) in [7, 11) is -1.59. The second-order valence-electron chi connectivity index (χ2n) is 11.6. The zero-order valence-electron chi connectivity index (χ0n) is 25.9. The van der Waals surface area contributed by atoms with Gasteiger partial charge in [0.15, 0.2) is 17.3 Å². The Kier molecular flexibility index (Phi) is 9.82. The number of ether oxygens (including phenoxy) is 2. The minimum absolute atomic E-state index is 0.225. The molecule has 0 aliphatic carbocycles. The summed E-state index contributed by atoms with van der Waals surface area (Å²) in [4.78, 5) is 24.6. The molecule has 1 fully saturated rings. The maximum absolute atomic E-state index is 12.6. The number of sulfonamides is 1. The van der Waals surface area contributed by atoms with Crippen LogP contribution in [0.4, 0.5) is 16.3 Å². The lowest BCUT2D eigenvalue weighted by Gasteiger charge is -2.33. The standard InChI is InChI=1S/C30H37N7O6S2/c1-30(2,3)26-18-27(35-43-26)34-29(38)33-20-7-6-8-21(15-20)44-28-22-16-25(24(41-4)17-23(22)31-19-32-28)42-14-13-36-9-11-37(12-10-36)45(5,39)40/h6-8,15-19H,9-14H2,1-5H3,(H2,33,34,35,38). The number of fused-ring (bicyclic) bond motifs is 1. The molecular weight excluding hydrogens is 619 g/mol. The predicted octanol–water partition coefficient (Wildman–Crippen LogP) is 4.68. The molecule has 3 heterocycles. The van der Waals surface area contributed by atoms with E-state index in [1.54, 1.807) is 19.2 Å². The molecule has 13 nitrogen and oxygen atoms in total. The van der Waals surface area contributed by atoms with Crippen LogP contribution < -0.4 is 20.1 Å². The molecule has 4 aromatic rings. The average molecular weight is 656 g/mol. The maximum Gasteiger partial charge on any atom is 0.324 e. The number of benzene rings is 2. The van der Waals surface area contributed by atoms with Crippen LogP contribution in [0.1, 0.15) is 26.5 Å². The Morgan fingerprint density at radius 1 is 1.04 bits per heavy atom. The van der Waals surface area contributed by atoms with Crippen LogP contribution in [0.15, 0.2) is 63.2 Å². The summed E-state index contributed by atoms with van der Waals surface area (Å²) in [6.07, 6.45) is 2.74. The molecule has 240 valence electrons. The van der Waals surface area contributed by atoms with Gasteiger partial charge in [0.05, 0.1) is 18.9 Å². The van der Waals surface area contributed by atoms with Gasteiger partial charge in [-0.15, -0.1) is 0 Å². The first-order valence-electron chi connectivity index (χ1n) is 14.4. The number of hydrogen-bond donors (Lipinski definition) is 2. The van der Waals surface area contributed by atoms with E-state index in [4.69, 9.17) is 14.0 Å². The normalized spacial score (nSPS) is 14.8. The largest absolute Gasteiger partial charge is 0.493 e. The zero-order valence-corrected chi connectivity index (χ0v) is 27.5. The van der Waals surface area contributed by atoms with Crippen molar-refractivity contribution in [2.45, 2.75) is 36.1 Å². The van der Waals surface area contributed by atoms with Gasteiger partial charge in [-0.25, -0.2) is 23.2 Å². The Morgan fingerprint density at radius 3 is 2.51 bits per heavy atom. The molecule has 1 aliphatic heterocycles. The lowest BCUT2D eigenvalue weighted by Crippen LogP contribution is -2.49. The van der Waals surface area contributed by atoms with Crippen molar-refractivity contribution in [1.82, 2.24) is 24.3 Å². The van der Waals surface area contributed by atoms with Crippen LogP contribution in [0.5, 0.6) is 11.5 Å². The molecule has 2 aromatic heterocycles. The van der Waals surface area contributed by atoms with Crippen molar-refractivity contribution < 1.29 is 27.2 Å². The summed E-state index contributed by atoms with van der Waals surface area (Å²) in [6, 6.07) is 12.4. The number of carbonyl (C=O) groups is 1. The lowest BCUT2D eigenvalue weighted by atomic mass is 9.93. The van der Waals surface area contributed by atoms with Crippen LogP contribution in [0.3, 0.4) is 0 Å². The monoisotopic (exact) mass is 655 g/mol. The van der Waals surface area contributed by atoms with E-state index in [2.05, 4.69) is 30.7 Å². The van der Waals surface area contributed by atoms with Gasteiger partial charge in [0.25, 0.3) is 0 Å². The fraction of sp³-hybridized carbons (Fsp3) is 0.400. The Balaban J connectivity index is 1.24. The summed E-state index contributed by atoms with van der Waals surface area (Å²) in [5.41, 5.74) is 1.07. The van der Waals surface area contributed by atoms with E-state index in [1.165, 1.54) is 28.7 Å². The number of rotatable bonds is 10. The molecule has 0 spiro atoms. The fourth-order valence-electron chi connectivity index (χ4n) is 4.68. The van der Waals surface area contributed by atoms with Crippen LogP contribution in [-0.2, 0) is 15.4 Å². The first-order chi connectivity index (χ1) is 21.4. The average Bonchev–Trinajstić information content (AvgIpc) is 3.46. The van der Waals surface area contributed by atoms with Crippen molar-refractivity contribution in [3.8, 4) is 11.5 Å². The maximum atomic E-state index is 12.6. The molecule has 2 N–H and O–H groups in total. The quantitative estimate of drug-likeness (QED) is 0.229. The highest BCUT2D eigenvalue weighted by Crippen LogP contribution is 2.38. The second kappa shape index (κ2) is 13.6. The van der Waals surface area contributed by atoms with E-state index in [1.807, 2.05) is 51.1 Å². The SMILES string of the molecule is COc1cc2ncnc(Sc3cccc(NC(=O)Nc4cc(C(C)(C)C)on4)c3)c2cc1OCCN1CCN(S(C)(=O)=O)CC1. The minimum Gasteiger partial charge on any atom is -0.493 e. The highest BCUT2D eigenvalue weighted by Gasteiger charge is 2.23. The van der Waals surface area contributed by atoms with Gasteiger partial charge in [0.2, 0.25) is 10.0 Å². The summed E-state index contributed by atoms with van der Waals surface area (Å²) in [6.45, 7) is 9.28. The van der Waals surface area contributed by atoms with Gasteiger partial charge in [0, 0.05) is 66.2 Å². The predicted molar refractivity (Wildman–Crippen MR) is 173 cm³/mol. The number of aromatic nitrogens is 3. The number of piperazine rings is 1. The summed E-state index contributed by atoms with van der Waals surface area (Å²) in [5.74, 6) is 2.12. The van der Waals surface area contributed by atoms with Gasteiger partial charge < -0.3 is 19.3 Å². The first-order valence-corrected chi connectivity index (χ1v) is 17.0. The first kappa shape index (κ1) is 32.5. The Hall–Kier alpha value is -3.92. The molecule has 1 aliphatic rings. The van der Waals surface area contributed by atoms with Gasteiger partial charge in [-0.05, 0) is 24.3 Å². The molecular formula is C30H37N7O6S2. The zero-order chi connectivity index (χ0) is 32.2. The molecule has 0 radical (unpaired) electrons. The molecule has 0 unspecified atom stereocenters. The Labute approximate surface area is 266 Å². The number of methoxy groups -OCH3 is 1. The Bertz CT molecular complexity index is 1770. The third-order valence-electron chi connectivity index (χ3n) is 7.15. The van der Waals surface area contributed by atoms with Gasteiger partial charge in [-0.3, -0.25) is 10.2 Å². The van der Waals surface area contributed by atoms with Crippen LogP contribution in [0.25, 0.3) is 10.9 Å². The lowest BCUT2D eigenvalue weighted by molar-refractivity contribution is 0.157. The van der Waals surface area contributed by atoms with Crippen LogP contribution in [0, 0.1) is 0 Å². The number of nitrogens with zero attached hydrogens (tertiary/aromatic N) is 5. The third-order valence-corrected chi connectivity index (χ3v) is 9.46. The number of amides is 2. The van der Waals surface area contributed by atoms with Crippen molar-refractivity contribution in [1.29, 1.82) is 0 Å². The van der Waals surface area contributed by atoms with Gasteiger partial charge in [0.1, 0.15) is 23.7 Å². The third kappa shape index (κ3) is 8.42. The highest BCUT2D eigenvalue weighted by atomic mass is 32.2. The van der Waals surface area contributed by atoms with Gasteiger partial charge >= 0.3 is 6.03 Å². The van der Waals surface area contributed by atoms with Crippen molar-refractivity contribution in [3.63, 3.8) is 0 Å². The van der Waals surface area contributed by atoms with Crippen molar-refractivity contribution >= 4 is 50.2 Å². The molecule has 0 bridgehead atoms. The molecule has 1 saturated heterocycles. The molecule has 0 saturated carbocycles. The topological polar surface area (TPSA) is 152 Å². The van der Waals surface area contributed by atoms with E-state index >= 15 is 0 Å². The molecule has 0 atom stereocenters. The van der Waals surface area contributed by atoms with E-state index in [0.717, 1.165) is 10.3 Å². The number of carbonyl (C=O) groups excluding carboxylic acids is 1. The highest BCUT2D eigenvalue weighted by molar-refractivity contribution is 7.99. The number of hydrogen-bond acceptors (Lipinski definition) is 11. The van der Waals surface area contributed by atoms with E-state index in [9.17, 15) is 13.2 Å². The van der Waals surface area contributed by atoms with Crippen molar-refractivity contribution in [2.24, 2.45) is 0 Å². The minimum atomic E-state index is -3.17. The second-order valence-corrected chi connectivity index (χ2v) is 14.6. The fourth-order valence-corrected chi connectivity index (χ4v) is 6.43. The van der Waals surface area contributed by atoms with E-state index < -0.39 is 16.1 Å². The van der Waals surface area contributed by atoms with Crippen molar-refractivity contribution in [3.05, 3.63) is 54.6 Å². The van der Waals surface area contributed by atoms with Crippen LogP contribution in [0.2, 0.25) is 0 Å². The van der Waals surface area contributed by atoms with Gasteiger partial charge in [-0.1, -0.05) is 43.8 Å².